The molecule has 210 valence electrons. The van der Waals surface area contributed by atoms with Crippen molar-refractivity contribution in [1.29, 1.82) is 0 Å². The molecule has 5 rings (SSSR count). The van der Waals surface area contributed by atoms with Crippen LogP contribution in [0.1, 0.15) is 25.0 Å². The summed E-state index contributed by atoms with van der Waals surface area (Å²) in [7, 11) is 0. The molecule has 8 nitrogen and oxygen atoms in total. The molecule has 0 bridgehead atoms. The lowest BCUT2D eigenvalue weighted by Gasteiger charge is -2.20. The Bertz CT molecular complexity index is 1600. The lowest BCUT2D eigenvalue weighted by atomic mass is 10.1. The number of aromatic nitrogens is 2. The molecule has 2 heterocycles. The van der Waals surface area contributed by atoms with E-state index < -0.39 is 0 Å². The molecule has 5 aromatic rings. The topological polar surface area (TPSA) is 95.3 Å². The van der Waals surface area contributed by atoms with Crippen LogP contribution in [0.4, 0.5) is 22.0 Å². The monoisotopic (exact) mass is 568 g/mol. The number of furan rings is 1. The zero-order valence-corrected chi connectivity index (χ0v) is 23.9. The van der Waals surface area contributed by atoms with E-state index in [1.165, 1.54) is 6.33 Å². The van der Waals surface area contributed by atoms with Gasteiger partial charge in [0.15, 0.2) is 5.76 Å². The Kier molecular flexibility index (Phi) is 9.13. The predicted molar refractivity (Wildman–Crippen MR) is 167 cm³/mol. The van der Waals surface area contributed by atoms with Crippen molar-refractivity contribution >= 4 is 45.9 Å². The van der Waals surface area contributed by atoms with Gasteiger partial charge in [-0.15, -0.1) is 0 Å². The average Bonchev–Trinajstić information content (AvgIpc) is 3.35. The van der Waals surface area contributed by atoms with Gasteiger partial charge in [0.05, 0.1) is 0 Å². The lowest BCUT2D eigenvalue weighted by molar-refractivity contribution is 0.262. The summed E-state index contributed by atoms with van der Waals surface area (Å²) < 4.78 is 5.94. The molecular formula is C32H33ClN6O2. The van der Waals surface area contributed by atoms with Gasteiger partial charge in [0, 0.05) is 30.0 Å². The second-order valence-electron chi connectivity index (χ2n) is 9.58. The van der Waals surface area contributed by atoms with Gasteiger partial charge < -0.3 is 20.4 Å². The first-order valence-electron chi connectivity index (χ1n) is 13.7. The summed E-state index contributed by atoms with van der Waals surface area (Å²) in [5.74, 6) is 1.20. The Morgan fingerprint density at radius 1 is 0.902 bits per heavy atom. The van der Waals surface area contributed by atoms with E-state index in [0.29, 0.717) is 34.2 Å². The molecule has 0 aliphatic heterocycles. The first-order valence-corrected chi connectivity index (χ1v) is 14.1. The number of hydrogen-bond acceptors (Lipinski definition) is 6. The van der Waals surface area contributed by atoms with E-state index >= 15 is 0 Å². The summed E-state index contributed by atoms with van der Waals surface area (Å²) in [6.07, 6.45) is 2.21. The Hall–Kier alpha value is -4.40. The zero-order valence-electron chi connectivity index (χ0n) is 23.2. The number of para-hydroxylation sites is 1. The van der Waals surface area contributed by atoms with Gasteiger partial charge in [0.2, 0.25) is 5.71 Å². The summed E-state index contributed by atoms with van der Waals surface area (Å²) in [5, 5.41) is 10.4. The number of halogens is 1. The molecule has 0 unspecified atom stereocenters. The third-order valence-corrected chi connectivity index (χ3v) is 7.30. The van der Waals surface area contributed by atoms with Crippen molar-refractivity contribution in [3.05, 3.63) is 101 Å². The number of carbonyl (C=O) groups is 1. The van der Waals surface area contributed by atoms with Crippen molar-refractivity contribution in [3.63, 3.8) is 0 Å². The number of amides is 2. The fourth-order valence-electron chi connectivity index (χ4n) is 4.64. The van der Waals surface area contributed by atoms with E-state index in [-0.39, 0.29) is 6.03 Å². The van der Waals surface area contributed by atoms with Crippen LogP contribution in [-0.2, 0) is 13.0 Å². The van der Waals surface area contributed by atoms with Crippen LogP contribution in [0.15, 0.2) is 89.6 Å². The van der Waals surface area contributed by atoms with Gasteiger partial charge in [-0.2, -0.15) is 0 Å². The van der Waals surface area contributed by atoms with Gasteiger partial charge in [-0.3, -0.25) is 4.90 Å². The van der Waals surface area contributed by atoms with Gasteiger partial charge in [-0.1, -0.05) is 86.1 Å². The highest BCUT2D eigenvalue weighted by Crippen LogP contribution is 2.39. The van der Waals surface area contributed by atoms with E-state index in [1.54, 1.807) is 0 Å². The standard InChI is InChI=1S/C32H33ClN6O2/c1-3-39(4-2)20-24-12-8-9-13-26(24)38-32(40)37-25-16-14-22(15-17-25)18-19-34-30-27-28(33)29(23-10-6-5-7-11-23)41-31(27)36-21-35-30/h5-17,21H,3-4,18-20H2,1-2H3,(H,34,35,36)(H2,37,38,40). The zero-order chi connectivity index (χ0) is 28.6. The number of carbonyl (C=O) groups excluding carboxylic acids is 1. The molecule has 0 saturated carbocycles. The SMILES string of the molecule is CCN(CC)Cc1ccccc1NC(=O)Nc1ccc(CCNc2ncnc3oc(-c4ccccc4)c(Cl)c23)cc1. The Morgan fingerprint density at radius 2 is 1.63 bits per heavy atom. The number of rotatable bonds is 11. The maximum atomic E-state index is 12.7. The molecule has 0 aliphatic rings. The number of hydrogen-bond donors (Lipinski definition) is 3. The smallest absolute Gasteiger partial charge is 0.323 e. The highest BCUT2D eigenvalue weighted by Gasteiger charge is 2.19. The van der Waals surface area contributed by atoms with Gasteiger partial charge in [-0.05, 0) is 48.8 Å². The van der Waals surface area contributed by atoms with Crippen LogP contribution in [0, 0.1) is 0 Å². The fraction of sp³-hybridized carbons (Fsp3) is 0.219. The Balaban J connectivity index is 1.17. The van der Waals surface area contributed by atoms with Gasteiger partial charge in [0.1, 0.15) is 22.6 Å². The maximum absolute atomic E-state index is 12.7. The molecule has 0 fully saturated rings. The normalized spacial score (nSPS) is 11.1. The van der Waals surface area contributed by atoms with Crippen LogP contribution in [0.3, 0.4) is 0 Å². The molecule has 3 N–H and O–H groups in total. The number of benzene rings is 3. The number of nitrogens with zero attached hydrogens (tertiary/aromatic N) is 3. The molecule has 2 aromatic heterocycles. The van der Waals surface area contributed by atoms with Gasteiger partial charge in [-0.25, -0.2) is 14.8 Å². The largest absolute Gasteiger partial charge is 0.436 e. The molecular weight excluding hydrogens is 536 g/mol. The second-order valence-corrected chi connectivity index (χ2v) is 9.96. The minimum absolute atomic E-state index is 0.272. The molecule has 0 radical (unpaired) electrons. The Morgan fingerprint density at radius 3 is 2.39 bits per heavy atom. The van der Waals surface area contributed by atoms with Crippen molar-refractivity contribution in [2.75, 3.05) is 35.6 Å². The summed E-state index contributed by atoms with van der Waals surface area (Å²) in [6, 6.07) is 25.1. The molecule has 41 heavy (non-hydrogen) atoms. The molecule has 2 amide bonds. The van der Waals surface area contributed by atoms with Crippen LogP contribution in [0.5, 0.6) is 0 Å². The molecule has 0 saturated heterocycles. The number of fused-ring (bicyclic) bond motifs is 1. The van der Waals surface area contributed by atoms with Crippen LogP contribution in [0.25, 0.3) is 22.4 Å². The average molecular weight is 569 g/mol. The van der Waals surface area contributed by atoms with Gasteiger partial charge >= 0.3 is 6.03 Å². The van der Waals surface area contributed by atoms with E-state index in [2.05, 4.69) is 44.7 Å². The second kappa shape index (κ2) is 13.3. The quantitative estimate of drug-likeness (QED) is 0.151. The number of anilines is 3. The van der Waals surface area contributed by atoms with Gasteiger partial charge in [0.25, 0.3) is 0 Å². The van der Waals surface area contributed by atoms with Crippen molar-refractivity contribution < 1.29 is 9.21 Å². The van der Waals surface area contributed by atoms with E-state index in [0.717, 1.165) is 54.1 Å². The number of urea groups is 1. The minimum atomic E-state index is -0.272. The molecule has 0 spiro atoms. The first kappa shape index (κ1) is 28.1. The predicted octanol–water partition coefficient (Wildman–Crippen LogP) is 7.68. The van der Waals surface area contributed by atoms with Crippen molar-refractivity contribution in [3.8, 4) is 11.3 Å². The Labute approximate surface area is 244 Å². The van der Waals surface area contributed by atoms with E-state index in [4.69, 9.17) is 16.0 Å². The number of nitrogens with one attached hydrogen (secondary N) is 3. The molecule has 0 aliphatic carbocycles. The van der Waals surface area contributed by atoms with Crippen molar-refractivity contribution in [1.82, 2.24) is 14.9 Å². The summed E-state index contributed by atoms with van der Waals surface area (Å²) >= 11 is 6.69. The molecule has 3 aromatic carbocycles. The molecule has 9 heteroatoms. The summed E-state index contributed by atoms with van der Waals surface area (Å²) in [6.45, 7) is 7.59. The third kappa shape index (κ3) is 6.85. The molecule has 0 atom stereocenters. The third-order valence-electron chi connectivity index (χ3n) is 6.94. The van der Waals surface area contributed by atoms with Crippen LogP contribution in [-0.4, -0.2) is 40.5 Å². The fourth-order valence-corrected chi connectivity index (χ4v) is 4.96. The minimum Gasteiger partial charge on any atom is -0.436 e. The van der Waals surface area contributed by atoms with Crippen molar-refractivity contribution in [2.45, 2.75) is 26.8 Å². The van der Waals surface area contributed by atoms with Crippen LogP contribution >= 0.6 is 11.6 Å². The van der Waals surface area contributed by atoms with E-state index in [1.807, 2.05) is 78.9 Å². The van der Waals surface area contributed by atoms with Crippen LogP contribution in [0.2, 0.25) is 5.02 Å². The van der Waals surface area contributed by atoms with Crippen LogP contribution < -0.4 is 16.0 Å². The lowest BCUT2D eigenvalue weighted by Crippen LogP contribution is -2.24. The highest BCUT2D eigenvalue weighted by atomic mass is 35.5. The summed E-state index contributed by atoms with van der Waals surface area (Å²) in [5.41, 5.74) is 5.05. The van der Waals surface area contributed by atoms with Crippen molar-refractivity contribution in [2.24, 2.45) is 0 Å². The maximum Gasteiger partial charge on any atom is 0.323 e. The van der Waals surface area contributed by atoms with E-state index in [9.17, 15) is 4.79 Å². The first-order chi connectivity index (χ1) is 20.1. The summed E-state index contributed by atoms with van der Waals surface area (Å²) in [4.78, 5) is 23.7. The highest BCUT2D eigenvalue weighted by molar-refractivity contribution is 6.38.